The first-order valence-electron chi connectivity index (χ1n) is 5.29. The van der Waals surface area contributed by atoms with E-state index in [-0.39, 0.29) is 12.3 Å². The normalized spacial score (nSPS) is 11.9. The number of aryl methyl sites for hydroxylation is 1. The maximum Gasteiger partial charge on any atom is 0.305 e. The minimum Gasteiger partial charge on any atom is -0.481 e. The SMILES string of the molecule is Cc1ccc(N)cc1C(=O)NC(C)CC(=O)O. The molecule has 0 aliphatic carbocycles. The fourth-order valence-corrected chi connectivity index (χ4v) is 1.50. The van der Waals surface area contributed by atoms with Crippen LogP contribution in [0.15, 0.2) is 18.2 Å². The molecule has 1 aromatic rings. The van der Waals surface area contributed by atoms with Crippen molar-refractivity contribution in [1.82, 2.24) is 5.32 Å². The molecule has 0 saturated carbocycles. The van der Waals surface area contributed by atoms with E-state index in [1.165, 1.54) is 0 Å². The van der Waals surface area contributed by atoms with Crippen molar-refractivity contribution in [3.05, 3.63) is 29.3 Å². The Morgan fingerprint density at radius 3 is 2.71 bits per heavy atom. The third-order valence-corrected chi connectivity index (χ3v) is 2.36. The molecule has 92 valence electrons. The lowest BCUT2D eigenvalue weighted by atomic mass is 10.1. The molecular formula is C12H16N2O3. The van der Waals surface area contributed by atoms with Gasteiger partial charge in [-0.15, -0.1) is 0 Å². The van der Waals surface area contributed by atoms with Gasteiger partial charge in [-0.3, -0.25) is 9.59 Å². The van der Waals surface area contributed by atoms with E-state index in [0.29, 0.717) is 11.3 Å². The number of nitrogens with one attached hydrogen (secondary N) is 1. The highest BCUT2D eigenvalue weighted by atomic mass is 16.4. The number of carbonyl (C=O) groups excluding carboxylic acids is 1. The fraction of sp³-hybridized carbons (Fsp3) is 0.333. The average molecular weight is 236 g/mol. The Morgan fingerprint density at radius 2 is 2.12 bits per heavy atom. The predicted octanol–water partition coefficient (Wildman–Crippen LogP) is 1.17. The lowest BCUT2D eigenvalue weighted by Crippen LogP contribution is -2.34. The van der Waals surface area contributed by atoms with Crippen molar-refractivity contribution < 1.29 is 14.7 Å². The maximum atomic E-state index is 11.9. The summed E-state index contributed by atoms with van der Waals surface area (Å²) in [5, 5.41) is 11.2. The van der Waals surface area contributed by atoms with Crippen molar-refractivity contribution in [1.29, 1.82) is 0 Å². The molecule has 0 saturated heterocycles. The Bertz CT molecular complexity index is 443. The van der Waals surface area contributed by atoms with Crippen LogP contribution in [0.2, 0.25) is 0 Å². The van der Waals surface area contributed by atoms with Crippen molar-refractivity contribution >= 4 is 17.6 Å². The second-order valence-electron chi connectivity index (χ2n) is 4.05. The van der Waals surface area contributed by atoms with Gasteiger partial charge in [0.2, 0.25) is 0 Å². The molecule has 0 aliphatic heterocycles. The van der Waals surface area contributed by atoms with Crippen LogP contribution in [0, 0.1) is 6.92 Å². The largest absolute Gasteiger partial charge is 0.481 e. The van der Waals surface area contributed by atoms with Gasteiger partial charge in [-0.05, 0) is 31.5 Å². The number of nitrogens with two attached hydrogens (primary N) is 1. The number of rotatable bonds is 4. The molecule has 1 aromatic carbocycles. The number of aliphatic carboxylic acids is 1. The first kappa shape index (κ1) is 13.0. The lowest BCUT2D eigenvalue weighted by molar-refractivity contribution is -0.137. The second-order valence-corrected chi connectivity index (χ2v) is 4.05. The Morgan fingerprint density at radius 1 is 1.47 bits per heavy atom. The number of carbonyl (C=O) groups is 2. The highest BCUT2D eigenvalue weighted by Gasteiger charge is 2.14. The Balaban J connectivity index is 2.76. The molecule has 4 N–H and O–H groups in total. The molecule has 5 heteroatoms. The molecule has 0 aromatic heterocycles. The number of carboxylic acids is 1. The Hall–Kier alpha value is -2.04. The first-order chi connectivity index (χ1) is 7.90. The van der Waals surface area contributed by atoms with Gasteiger partial charge < -0.3 is 16.2 Å². The summed E-state index contributed by atoms with van der Waals surface area (Å²) < 4.78 is 0. The van der Waals surface area contributed by atoms with Crippen LogP contribution < -0.4 is 11.1 Å². The van der Waals surface area contributed by atoms with Gasteiger partial charge in [-0.1, -0.05) is 6.07 Å². The zero-order valence-corrected chi connectivity index (χ0v) is 9.86. The van der Waals surface area contributed by atoms with Crippen LogP contribution in [-0.2, 0) is 4.79 Å². The number of carboxylic acid groups (broad SMARTS) is 1. The van der Waals surface area contributed by atoms with E-state index in [1.807, 2.05) is 0 Å². The summed E-state index contributed by atoms with van der Waals surface area (Å²) in [5.74, 6) is -1.24. The molecule has 1 unspecified atom stereocenters. The maximum absolute atomic E-state index is 11.9. The number of hydrogen-bond acceptors (Lipinski definition) is 3. The van der Waals surface area contributed by atoms with Gasteiger partial charge in [0.05, 0.1) is 6.42 Å². The van der Waals surface area contributed by atoms with Crippen LogP contribution in [0.4, 0.5) is 5.69 Å². The highest BCUT2D eigenvalue weighted by molar-refractivity contribution is 5.96. The fourth-order valence-electron chi connectivity index (χ4n) is 1.50. The summed E-state index contributed by atoms with van der Waals surface area (Å²) in [6, 6.07) is 4.64. The summed E-state index contributed by atoms with van der Waals surface area (Å²) in [6.07, 6.45) is -0.104. The van der Waals surface area contributed by atoms with Gasteiger partial charge >= 0.3 is 5.97 Å². The zero-order chi connectivity index (χ0) is 13.0. The molecule has 0 radical (unpaired) electrons. The molecule has 0 fully saturated rings. The molecule has 1 atom stereocenters. The molecular weight excluding hydrogens is 220 g/mol. The molecule has 0 bridgehead atoms. The lowest BCUT2D eigenvalue weighted by Gasteiger charge is -2.13. The number of amides is 1. The highest BCUT2D eigenvalue weighted by Crippen LogP contribution is 2.12. The third kappa shape index (κ3) is 3.79. The van der Waals surface area contributed by atoms with Crippen LogP contribution in [0.1, 0.15) is 29.3 Å². The van der Waals surface area contributed by atoms with E-state index < -0.39 is 12.0 Å². The Labute approximate surface area is 99.6 Å². The molecule has 0 heterocycles. The van der Waals surface area contributed by atoms with Crippen molar-refractivity contribution in [2.75, 3.05) is 5.73 Å². The smallest absolute Gasteiger partial charge is 0.305 e. The average Bonchev–Trinajstić information content (AvgIpc) is 2.20. The number of hydrogen-bond donors (Lipinski definition) is 3. The van der Waals surface area contributed by atoms with Crippen molar-refractivity contribution in [2.24, 2.45) is 0 Å². The van der Waals surface area contributed by atoms with Crippen LogP contribution in [0.5, 0.6) is 0 Å². The molecule has 1 amide bonds. The topological polar surface area (TPSA) is 92.4 Å². The minimum absolute atomic E-state index is 0.104. The minimum atomic E-state index is -0.943. The van der Waals surface area contributed by atoms with E-state index in [1.54, 1.807) is 32.0 Å². The van der Waals surface area contributed by atoms with Crippen LogP contribution in [0.25, 0.3) is 0 Å². The zero-order valence-electron chi connectivity index (χ0n) is 9.86. The molecule has 17 heavy (non-hydrogen) atoms. The van der Waals surface area contributed by atoms with Crippen LogP contribution >= 0.6 is 0 Å². The summed E-state index contributed by atoms with van der Waals surface area (Å²) in [4.78, 5) is 22.3. The van der Waals surface area contributed by atoms with Crippen molar-refractivity contribution in [3.8, 4) is 0 Å². The van der Waals surface area contributed by atoms with Gasteiger partial charge in [-0.25, -0.2) is 0 Å². The van der Waals surface area contributed by atoms with Crippen molar-refractivity contribution in [2.45, 2.75) is 26.3 Å². The van der Waals surface area contributed by atoms with E-state index in [0.717, 1.165) is 5.56 Å². The van der Waals surface area contributed by atoms with Gasteiger partial charge in [0, 0.05) is 17.3 Å². The van der Waals surface area contributed by atoms with Gasteiger partial charge in [-0.2, -0.15) is 0 Å². The molecule has 0 aliphatic rings. The van der Waals surface area contributed by atoms with E-state index in [2.05, 4.69) is 5.32 Å². The quantitative estimate of drug-likeness (QED) is 0.684. The summed E-state index contributed by atoms with van der Waals surface area (Å²) in [5.41, 5.74) is 7.39. The van der Waals surface area contributed by atoms with E-state index in [9.17, 15) is 9.59 Å². The molecule has 1 rings (SSSR count). The van der Waals surface area contributed by atoms with Gasteiger partial charge in [0.15, 0.2) is 0 Å². The van der Waals surface area contributed by atoms with E-state index >= 15 is 0 Å². The molecule has 5 nitrogen and oxygen atoms in total. The monoisotopic (exact) mass is 236 g/mol. The van der Waals surface area contributed by atoms with Crippen LogP contribution in [0.3, 0.4) is 0 Å². The summed E-state index contributed by atoms with van der Waals surface area (Å²) in [7, 11) is 0. The summed E-state index contributed by atoms with van der Waals surface area (Å²) in [6.45, 7) is 3.45. The second kappa shape index (κ2) is 5.34. The van der Waals surface area contributed by atoms with Gasteiger partial charge in [0.25, 0.3) is 5.91 Å². The van der Waals surface area contributed by atoms with E-state index in [4.69, 9.17) is 10.8 Å². The summed E-state index contributed by atoms with van der Waals surface area (Å²) >= 11 is 0. The number of benzene rings is 1. The number of nitrogen functional groups attached to an aromatic ring is 1. The first-order valence-corrected chi connectivity index (χ1v) is 5.29. The molecule has 0 spiro atoms. The standard InChI is InChI=1S/C12H16N2O3/c1-7-3-4-9(13)6-10(7)12(17)14-8(2)5-11(15)16/h3-4,6,8H,5,13H2,1-2H3,(H,14,17)(H,15,16). The van der Waals surface area contributed by atoms with Gasteiger partial charge in [0.1, 0.15) is 0 Å². The Kier molecular flexibility index (Phi) is 4.09. The van der Waals surface area contributed by atoms with Crippen LogP contribution in [-0.4, -0.2) is 23.0 Å². The van der Waals surface area contributed by atoms with Crippen molar-refractivity contribution in [3.63, 3.8) is 0 Å². The predicted molar refractivity (Wildman–Crippen MR) is 64.8 cm³/mol. The third-order valence-electron chi connectivity index (χ3n) is 2.36. The number of anilines is 1.